The zero-order chi connectivity index (χ0) is 15.1. The van der Waals surface area contributed by atoms with E-state index in [1.54, 1.807) is 7.05 Å². The van der Waals surface area contributed by atoms with Crippen LogP contribution >= 0.6 is 0 Å². The normalized spacial score (nSPS) is 29.1. The van der Waals surface area contributed by atoms with Crippen LogP contribution in [0.25, 0.3) is 11.2 Å². The van der Waals surface area contributed by atoms with E-state index in [1.165, 1.54) is 10.9 Å². The number of imidazole rings is 1. The fraction of sp³-hybridized carbons (Fsp3) is 0.545. The molecule has 10 nitrogen and oxygen atoms in total. The van der Waals surface area contributed by atoms with Crippen molar-refractivity contribution in [1.29, 1.82) is 0 Å². The molecule has 0 radical (unpaired) electrons. The highest BCUT2D eigenvalue weighted by atomic mass is 16.6. The lowest BCUT2D eigenvalue weighted by Gasteiger charge is -2.18. The van der Waals surface area contributed by atoms with Gasteiger partial charge in [-0.3, -0.25) is 4.57 Å². The Labute approximate surface area is 119 Å². The van der Waals surface area contributed by atoms with Gasteiger partial charge in [-0.2, -0.15) is 0 Å². The second-order valence-corrected chi connectivity index (χ2v) is 4.72. The Morgan fingerprint density at radius 3 is 2.76 bits per heavy atom. The number of hydrogen-bond acceptors (Lipinski definition) is 9. The lowest BCUT2D eigenvalue weighted by atomic mass is 10.1. The number of rotatable bonds is 3. The van der Waals surface area contributed by atoms with Crippen molar-refractivity contribution in [2.75, 3.05) is 24.7 Å². The van der Waals surface area contributed by atoms with Crippen molar-refractivity contribution < 1.29 is 20.1 Å². The molecule has 0 bridgehead atoms. The maximum atomic E-state index is 10.1. The van der Waals surface area contributed by atoms with E-state index in [4.69, 9.17) is 10.5 Å². The summed E-state index contributed by atoms with van der Waals surface area (Å²) in [6.45, 7) is -0.409. The molecule has 1 aliphatic heterocycles. The minimum absolute atomic E-state index is 0.196. The molecule has 3 heterocycles. The van der Waals surface area contributed by atoms with Crippen LogP contribution in [0.2, 0.25) is 0 Å². The number of aliphatic hydroxyl groups excluding tert-OH is 3. The van der Waals surface area contributed by atoms with Crippen LogP contribution in [0.15, 0.2) is 6.33 Å². The van der Waals surface area contributed by atoms with Gasteiger partial charge in [0, 0.05) is 7.05 Å². The third kappa shape index (κ3) is 2.00. The molecule has 0 aliphatic carbocycles. The van der Waals surface area contributed by atoms with Crippen molar-refractivity contribution in [1.82, 2.24) is 19.5 Å². The third-order valence-corrected chi connectivity index (χ3v) is 3.50. The first-order valence-electron chi connectivity index (χ1n) is 6.37. The quantitative estimate of drug-likeness (QED) is 0.435. The van der Waals surface area contributed by atoms with Crippen LogP contribution in [-0.4, -0.2) is 66.8 Å². The molecule has 2 aromatic heterocycles. The first-order chi connectivity index (χ1) is 10.1. The fourth-order valence-corrected chi connectivity index (χ4v) is 2.44. The summed E-state index contributed by atoms with van der Waals surface area (Å²) >= 11 is 0. The number of nitrogens with zero attached hydrogens (tertiary/aromatic N) is 4. The summed E-state index contributed by atoms with van der Waals surface area (Å²) in [4.78, 5) is 12.2. The van der Waals surface area contributed by atoms with Gasteiger partial charge >= 0.3 is 0 Å². The smallest absolute Gasteiger partial charge is 0.207 e. The maximum Gasteiger partial charge on any atom is 0.207 e. The number of nitrogens with two attached hydrogens (primary N) is 1. The summed E-state index contributed by atoms with van der Waals surface area (Å²) in [6.07, 6.45) is -2.99. The minimum atomic E-state index is -1.23. The number of aromatic nitrogens is 4. The lowest BCUT2D eigenvalue weighted by Crippen LogP contribution is -2.33. The highest BCUT2D eigenvalue weighted by Gasteiger charge is 2.44. The van der Waals surface area contributed by atoms with Crippen molar-refractivity contribution >= 4 is 22.9 Å². The van der Waals surface area contributed by atoms with E-state index in [0.717, 1.165) is 0 Å². The van der Waals surface area contributed by atoms with E-state index in [2.05, 4.69) is 20.3 Å². The van der Waals surface area contributed by atoms with Crippen LogP contribution < -0.4 is 11.1 Å². The maximum absolute atomic E-state index is 10.1. The molecule has 2 unspecified atom stereocenters. The van der Waals surface area contributed by atoms with Gasteiger partial charge in [-0.25, -0.2) is 15.0 Å². The van der Waals surface area contributed by atoms with Gasteiger partial charge in [0.05, 0.1) is 6.61 Å². The van der Waals surface area contributed by atoms with Gasteiger partial charge in [-0.1, -0.05) is 0 Å². The zero-order valence-electron chi connectivity index (χ0n) is 11.2. The summed E-state index contributed by atoms with van der Waals surface area (Å²) in [5, 5.41) is 32.0. The molecule has 4 atom stereocenters. The molecule has 0 spiro atoms. The highest BCUT2D eigenvalue weighted by Crippen LogP contribution is 2.34. The average molecular weight is 296 g/mol. The van der Waals surface area contributed by atoms with E-state index in [9.17, 15) is 15.3 Å². The lowest BCUT2D eigenvalue weighted by molar-refractivity contribution is -0.0501. The zero-order valence-corrected chi connectivity index (χ0v) is 11.2. The third-order valence-electron chi connectivity index (χ3n) is 3.50. The predicted octanol–water partition coefficient (Wildman–Crippen LogP) is -1.94. The second-order valence-electron chi connectivity index (χ2n) is 4.72. The number of fused-ring (bicyclic) bond motifs is 1. The van der Waals surface area contributed by atoms with Gasteiger partial charge in [0.25, 0.3) is 0 Å². The van der Waals surface area contributed by atoms with Gasteiger partial charge in [-0.05, 0) is 0 Å². The molecule has 114 valence electrons. The Kier molecular flexibility index (Phi) is 3.37. The molecule has 3 rings (SSSR count). The number of nitrogens with one attached hydrogen (secondary N) is 1. The largest absolute Gasteiger partial charge is 0.394 e. The first-order valence-corrected chi connectivity index (χ1v) is 6.37. The average Bonchev–Trinajstić information content (AvgIpc) is 2.99. The van der Waals surface area contributed by atoms with Crippen LogP contribution in [0.5, 0.6) is 0 Å². The van der Waals surface area contributed by atoms with Crippen LogP contribution in [0.3, 0.4) is 0 Å². The van der Waals surface area contributed by atoms with Crippen LogP contribution in [0.1, 0.15) is 6.23 Å². The van der Waals surface area contributed by atoms with Gasteiger partial charge < -0.3 is 31.1 Å². The summed E-state index contributed by atoms with van der Waals surface area (Å²) in [7, 11) is 1.64. The highest BCUT2D eigenvalue weighted by molar-refractivity contribution is 5.84. The monoisotopic (exact) mass is 296 g/mol. The predicted molar refractivity (Wildman–Crippen MR) is 72.3 cm³/mol. The molecule has 0 aromatic carbocycles. The number of nitrogen functional groups attached to an aromatic ring is 1. The number of hydrogen-bond donors (Lipinski definition) is 5. The Bertz CT molecular complexity index is 661. The Hall–Kier alpha value is -2.01. The van der Waals surface area contributed by atoms with Crippen molar-refractivity contribution in [3.05, 3.63) is 6.33 Å². The van der Waals surface area contributed by atoms with Gasteiger partial charge in [0.2, 0.25) is 5.95 Å². The minimum Gasteiger partial charge on any atom is -0.394 e. The topological polar surface area (TPSA) is 152 Å². The van der Waals surface area contributed by atoms with Gasteiger partial charge in [0.1, 0.15) is 24.6 Å². The van der Waals surface area contributed by atoms with E-state index >= 15 is 0 Å². The Morgan fingerprint density at radius 2 is 2.14 bits per heavy atom. The van der Waals surface area contributed by atoms with Crippen molar-refractivity contribution in [2.45, 2.75) is 24.5 Å². The van der Waals surface area contributed by atoms with Crippen LogP contribution in [0.4, 0.5) is 11.8 Å². The number of aliphatic hydroxyl groups is 3. The fourth-order valence-electron chi connectivity index (χ4n) is 2.44. The van der Waals surface area contributed by atoms with Gasteiger partial charge in [0.15, 0.2) is 23.2 Å². The van der Waals surface area contributed by atoms with E-state index in [1.807, 2.05) is 0 Å². The number of ether oxygens (including phenoxy) is 1. The van der Waals surface area contributed by atoms with Crippen molar-refractivity contribution in [2.24, 2.45) is 0 Å². The molecule has 1 fully saturated rings. The molecule has 1 aliphatic rings. The molecular weight excluding hydrogens is 280 g/mol. The van der Waals surface area contributed by atoms with Crippen LogP contribution in [0, 0.1) is 0 Å². The molecule has 21 heavy (non-hydrogen) atoms. The molecule has 0 saturated carbocycles. The SMILES string of the molecule is CNc1nc2c(N)ncnc2n1[C@@H]1O[C@H](CO)C(O)C1O. The van der Waals surface area contributed by atoms with Crippen molar-refractivity contribution in [3.63, 3.8) is 0 Å². The molecule has 6 N–H and O–H groups in total. The number of anilines is 2. The second kappa shape index (κ2) is 5.07. The molecular formula is C11H16N6O4. The molecule has 2 aromatic rings. The molecule has 0 amide bonds. The summed E-state index contributed by atoms with van der Waals surface area (Å²) < 4.78 is 6.98. The van der Waals surface area contributed by atoms with Crippen LogP contribution in [-0.2, 0) is 4.74 Å². The molecule has 10 heteroatoms. The van der Waals surface area contributed by atoms with E-state index in [-0.39, 0.29) is 5.82 Å². The Morgan fingerprint density at radius 1 is 1.38 bits per heavy atom. The standard InChI is InChI=1S/C11H16N6O4/c1-13-11-16-5-8(12)14-3-15-9(5)17(11)10-7(20)6(19)4(2-18)21-10/h3-4,6-7,10,18-20H,2H2,1H3,(H,13,16)(H2,12,14,15)/t4-,6?,7?,10-/m1/s1. The van der Waals surface area contributed by atoms with E-state index < -0.39 is 31.1 Å². The summed E-state index contributed by atoms with van der Waals surface area (Å²) in [5.41, 5.74) is 6.48. The van der Waals surface area contributed by atoms with E-state index in [0.29, 0.717) is 17.1 Å². The summed E-state index contributed by atoms with van der Waals surface area (Å²) in [5.74, 6) is 0.550. The van der Waals surface area contributed by atoms with Crippen molar-refractivity contribution in [3.8, 4) is 0 Å². The Balaban J connectivity index is 2.14. The first kappa shape index (κ1) is 13.9. The van der Waals surface area contributed by atoms with Gasteiger partial charge in [-0.15, -0.1) is 0 Å². The molecule has 1 saturated heterocycles. The summed E-state index contributed by atoms with van der Waals surface area (Å²) in [6, 6.07) is 0.